The number of pyridine rings is 1. The minimum Gasteiger partial charge on any atom is -0.489 e. The quantitative estimate of drug-likeness (QED) is 0.165. The molecule has 0 N–H and O–H groups in total. The van der Waals surface area contributed by atoms with Crippen LogP contribution in [0.15, 0.2) is 60.7 Å². The van der Waals surface area contributed by atoms with Crippen LogP contribution >= 0.6 is 11.6 Å². The second kappa shape index (κ2) is 13.4. The first-order valence-corrected chi connectivity index (χ1v) is 15.8. The van der Waals surface area contributed by atoms with Crippen molar-refractivity contribution in [3.63, 3.8) is 0 Å². The van der Waals surface area contributed by atoms with Gasteiger partial charge in [-0.2, -0.15) is 0 Å². The summed E-state index contributed by atoms with van der Waals surface area (Å²) in [7, 11) is 1.65. The van der Waals surface area contributed by atoms with Crippen molar-refractivity contribution in [1.82, 2.24) is 14.5 Å². The molecule has 1 fully saturated rings. The van der Waals surface area contributed by atoms with Gasteiger partial charge in [0.2, 0.25) is 5.88 Å². The molecule has 8 nitrogen and oxygen atoms in total. The second-order valence-corrected chi connectivity index (χ2v) is 12.2. The second-order valence-electron chi connectivity index (χ2n) is 11.7. The molecule has 1 unspecified atom stereocenters. The number of imidazole rings is 1. The number of halogens is 2. The van der Waals surface area contributed by atoms with Crippen LogP contribution in [0.5, 0.6) is 11.6 Å². The van der Waals surface area contributed by atoms with Gasteiger partial charge in [-0.25, -0.2) is 14.4 Å². The number of aryl methyl sites for hydroxylation is 1. The molecule has 1 saturated heterocycles. The summed E-state index contributed by atoms with van der Waals surface area (Å²) in [5.74, 6) is 1.53. The Morgan fingerprint density at radius 1 is 0.978 bits per heavy atom. The van der Waals surface area contributed by atoms with Gasteiger partial charge in [0.05, 0.1) is 43.7 Å². The molecule has 0 aliphatic carbocycles. The summed E-state index contributed by atoms with van der Waals surface area (Å²) in [4.78, 5) is 9.73. The van der Waals surface area contributed by atoms with E-state index in [2.05, 4.69) is 15.6 Å². The number of rotatable bonds is 8. The Hall–Kier alpha value is -4.02. The lowest BCUT2D eigenvalue weighted by molar-refractivity contribution is -0.0589. The van der Waals surface area contributed by atoms with E-state index >= 15 is 4.39 Å². The average Bonchev–Trinajstić information content (AvgIpc) is 3.36. The molecule has 0 spiro atoms. The van der Waals surface area contributed by atoms with E-state index in [1.807, 2.05) is 43.3 Å². The Kier molecular flexibility index (Phi) is 8.90. The molecule has 4 heterocycles. The van der Waals surface area contributed by atoms with Gasteiger partial charge >= 0.3 is 0 Å². The molecule has 2 aliphatic rings. The van der Waals surface area contributed by atoms with Crippen molar-refractivity contribution in [2.45, 2.75) is 52.2 Å². The largest absolute Gasteiger partial charge is 0.489 e. The molecule has 46 heavy (non-hydrogen) atoms. The zero-order chi connectivity index (χ0) is 31.6. The number of hydrogen-bond donors (Lipinski definition) is 0. The third-order valence-electron chi connectivity index (χ3n) is 8.46. The Balaban J connectivity index is 1.30. The smallest absolute Gasteiger partial charge is 0.214 e. The van der Waals surface area contributed by atoms with Crippen molar-refractivity contribution < 1.29 is 28.1 Å². The van der Waals surface area contributed by atoms with E-state index in [9.17, 15) is 0 Å². The van der Waals surface area contributed by atoms with Crippen LogP contribution in [0.2, 0.25) is 5.02 Å². The topological polar surface area (TPSA) is 76.9 Å². The summed E-state index contributed by atoms with van der Waals surface area (Å²) in [6, 6.07) is 18.6. The minimum absolute atomic E-state index is 0.0957. The maximum absolute atomic E-state index is 16.0. The van der Waals surface area contributed by atoms with Crippen molar-refractivity contribution >= 4 is 22.6 Å². The van der Waals surface area contributed by atoms with Gasteiger partial charge in [0.1, 0.15) is 36.1 Å². The lowest BCUT2D eigenvalue weighted by Gasteiger charge is -2.27. The number of benzene rings is 3. The lowest BCUT2D eigenvalue weighted by atomic mass is 9.99. The van der Waals surface area contributed by atoms with Crippen LogP contribution in [0.1, 0.15) is 40.1 Å². The molecular weight excluding hydrogens is 609 g/mol. The van der Waals surface area contributed by atoms with Crippen LogP contribution in [0.25, 0.3) is 22.3 Å². The van der Waals surface area contributed by atoms with Crippen LogP contribution in [0.4, 0.5) is 4.39 Å². The van der Waals surface area contributed by atoms with E-state index in [-0.39, 0.29) is 25.1 Å². The highest BCUT2D eigenvalue weighted by Crippen LogP contribution is 2.33. The zero-order valence-electron chi connectivity index (χ0n) is 25.9. The van der Waals surface area contributed by atoms with Gasteiger partial charge in [-0.15, -0.1) is 0 Å². The Morgan fingerprint density at radius 2 is 1.85 bits per heavy atom. The third-order valence-corrected chi connectivity index (χ3v) is 8.70. The predicted molar refractivity (Wildman–Crippen MR) is 173 cm³/mol. The summed E-state index contributed by atoms with van der Waals surface area (Å²) in [5, 5.41) is 0.617. The molecule has 1 atom stereocenters. The van der Waals surface area contributed by atoms with E-state index in [0.717, 1.165) is 57.7 Å². The van der Waals surface area contributed by atoms with Gasteiger partial charge in [-0.1, -0.05) is 23.7 Å². The van der Waals surface area contributed by atoms with Gasteiger partial charge in [0.15, 0.2) is 0 Å². The molecule has 0 amide bonds. The Labute approximate surface area is 272 Å². The molecule has 4 bridgehead atoms. The number of fused-ring (bicyclic) bond motifs is 7. The van der Waals surface area contributed by atoms with Crippen molar-refractivity contribution in [3.05, 3.63) is 105 Å². The molecular formula is C36H35ClFN3O5. The summed E-state index contributed by atoms with van der Waals surface area (Å²) in [6.45, 7) is 5.17. The fourth-order valence-electron chi connectivity index (χ4n) is 5.95. The highest BCUT2D eigenvalue weighted by atomic mass is 35.5. The number of aromatic nitrogens is 3. The van der Waals surface area contributed by atoms with Gasteiger partial charge in [-0.3, -0.25) is 0 Å². The zero-order valence-corrected chi connectivity index (χ0v) is 26.6. The van der Waals surface area contributed by atoms with Crippen molar-refractivity contribution in [3.8, 4) is 22.9 Å². The molecule has 0 radical (unpaired) electrons. The van der Waals surface area contributed by atoms with Crippen molar-refractivity contribution in [1.29, 1.82) is 0 Å². The van der Waals surface area contributed by atoms with E-state index in [4.69, 9.17) is 40.3 Å². The summed E-state index contributed by atoms with van der Waals surface area (Å²) < 4.78 is 47.6. The minimum atomic E-state index is -0.377. The van der Waals surface area contributed by atoms with E-state index in [1.54, 1.807) is 25.3 Å². The molecule has 7 rings (SSSR count). The first kappa shape index (κ1) is 30.6. The Bertz CT molecular complexity index is 1890. The van der Waals surface area contributed by atoms with Gasteiger partial charge < -0.3 is 28.3 Å². The van der Waals surface area contributed by atoms with Crippen LogP contribution in [0, 0.1) is 12.7 Å². The summed E-state index contributed by atoms with van der Waals surface area (Å²) in [5.41, 5.74) is 7.14. The first-order valence-electron chi connectivity index (χ1n) is 15.4. The average molecular weight is 644 g/mol. The van der Waals surface area contributed by atoms with Crippen molar-refractivity contribution in [2.75, 3.05) is 26.9 Å². The highest BCUT2D eigenvalue weighted by molar-refractivity contribution is 6.30. The van der Waals surface area contributed by atoms with Gasteiger partial charge in [0.25, 0.3) is 0 Å². The van der Waals surface area contributed by atoms with E-state index in [0.29, 0.717) is 60.7 Å². The molecule has 2 aliphatic heterocycles. The fourth-order valence-corrected chi connectivity index (χ4v) is 6.15. The van der Waals surface area contributed by atoms with Crippen molar-refractivity contribution in [2.24, 2.45) is 0 Å². The number of hydrogen-bond acceptors (Lipinski definition) is 7. The van der Waals surface area contributed by atoms with Crippen LogP contribution < -0.4 is 9.47 Å². The third kappa shape index (κ3) is 6.46. The fraction of sp³-hybridized carbons (Fsp3) is 0.333. The maximum atomic E-state index is 16.0. The van der Waals surface area contributed by atoms with Gasteiger partial charge in [0, 0.05) is 36.8 Å². The lowest BCUT2D eigenvalue weighted by Crippen LogP contribution is -2.31. The maximum Gasteiger partial charge on any atom is 0.214 e. The molecule has 3 aromatic carbocycles. The van der Waals surface area contributed by atoms with Crippen LogP contribution in [-0.2, 0) is 47.0 Å². The number of ether oxygens (including phenoxy) is 5. The van der Waals surface area contributed by atoms with Crippen LogP contribution in [0.3, 0.4) is 0 Å². The standard InChI is InChI=1S/C36H35ClFN3O5/c1-22-12-32-36(33(13-22)45-11-10-42-2)40-34(41(32)18-28-8-9-44-28)17-24-16-30(38)29-15-26(24)20-43-19-25-14-27(37)7-6-23(25)21-46-35-5-3-4-31(29)39-35/h3-7,12-16,28H,8-11,17-21H2,1-2H3. The monoisotopic (exact) mass is 643 g/mol. The molecule has 2 aromatic heterocycles. The van der Waals surface area contributed by atoms with Gasteiger partial charge in [-0.05, 0) is 83.6 Å². The Morgan fingerprint density at radius 3 is 2.67 bits per heavy atom. The number of methoxy groups -OCH3 is 1. The SMILES string of the molecule is COCCOc1cc(C)cc2c1nc(Cc1cc(F)c3cc1COCc1cc(Cl)ccc1COc1cccc-3n1)n2CC1CCO1. The summed E-state index contributed by atoms with van der Waals surface area (Å²) in [6.07, 6.45) is 1.46. The highest BCUT2D eigenvalue weighted by Gasteiger charge is 2.25. The first-order chi connectivity index (χ1) is 22.4. The molecule has 10 heteroatoms. The van der Waals surface area contributed by atoms with E-state index < -0.39 is 0 Å². The molecule has 238 valence electrons. The molecule has 5 aromatic rings. The predicted octanol–water partition coefficient (Wildman–Crippen LogP) is 7.21. The van der Waals surface area contributed by atoms with E-state index in [1.165, 1.54) is 0 Å². The normalized spacial score (nSPS) is 16.0. The number of nitrogens with zero attached hydrogens (tertiary/aromatic N) is 3. The molecule has 0 saturated carbocycles. The summed E-state index contributed by atoms with van der Waals surface area (Å²) >= 11 is 6.34. The van der Waals surface area contributed by atoms with Crippen LogP contribution in [-0.4, -0.2) is 47.6 Å².